The number of benzene rings is 2. The molecule has 0 aromatic heterocycles. The number of likely N-dealkylation sites (N-methyl/N-ethyl adjacent to an activating group) is 1. The van der Waals surface area contributed by atoms with Gasteiger partial charge in [0.1, 0.15) is 17.5 Å². The van der Waals surface area contributed by atoms with Gasteiger partial charge in [-0.1, -0.05) is 24.3 Å². The SMILES string of the molecule is CCNC(=O)[C@H](C)N(Cc1cccc(OC)c1)C(=O)CCCN(c1ccccc1OCC)S(C)(=O)=O. The van der Waals surface area contributed by atoms with Crippen molar-refractivity contribution >= 4 is 27.5 Å². The van der Waals surface area contributed by atoms with Gasteiger partial charge < -0.3 is 19.7 Å². The Labute approximate surface area is 214 Å². The minimum absolute atomic E-state index is 0.0660. The number of hydrogen-bond acceptors (Lipinski definition) is 6. The summed E-state index contributed by atoms with van der Waals surface area (Å²) in [7, 11) is -2.05. The molecule has 1 atom stereocenters. The summed E-state index contributed by atoms with van der Waals surface area (Å²) in [6, 6.07) is 13.5. The Balaban J connectivity index is 2.21. The van der Waals surface area contributed by atoms with Crippen molar-refractivity contribution in [1.29, 1.82) is 0 Å². The topological polar surface area (TPSA) is 105 Å². The molecule has 9 nitrogen and oxygen atoms in total. The normalized spacial score (nSPS) is 11.9. The second kappa shape index (κ2) is 13.7. The van der Waals surface area contributed by atoms with Gasteiger partial charge >= 0.3 is 0 Å². The van der Waals surface area contributed by atoms with E-state index in [1.807, 2.05) is 38.1 Å². The predicted molar refractivity (Wildman–Crippen MR) is 141 cm³/mol. The van der Waals surface area contributed by atoms with E-state index < -0.39 is 16.1 Å². The van der Waals surface area contributed by atoms with Crippen molar-refractivity contribution in [3.8, 4) is 11.5 Å². The zero-order valence-electron chi connectivity index (χ0n) is 21.7. The second-order valence-corrected chi connectivity index (χ2v) is 10.2. The molecule has 0 aliphatic carbocycles. The van der Waals surface area contributed by atoms with Crippen molar-refractivity contribution in [2.24, 2.45) is 0 Å². The molecule has 0 fully saturated rings. The van der Waals surface area contributed by atoms with Gasteiger partial charge in [0.25, 0.3) is 0 Å². The van der Waals surface area contributed by atoms with Crippen molar-refractivity contribution in [1.82, 2.24) is 10.2 Å². The Morgan fingerprint density at radius 3 is 2.44 bits per heavy atom. The lowest BCUT2D eigenvalue weighted by atomic mass is 10.1. The van der Waals surface area contributed by atoms with Crippen molar-refractivity contribution < 1.29 is 27.5 Å². The minimum atomic E-state index is -3.62. The van der Waals surface area contributed by atoms with Gasteiger partial charge in [0.2, 0.25) is 21.8 Å². The van der Waals surface area contributed by atoms with Gasteiger partial charge in [-0.25, -0.2) is 8.42 Å². The van der Waals surface area contributed by atoms with Crippen LogP contribution in [-0.2, 0) is 26.2 Å². The Morgan fingerprint density at radius 1 is 1.08 bits per heavy atom. The maximum Gasteiger partial charge on any atom is 0.242 e. The van der Waals surface area contributed by atoms with Crippen LogP contribution >= 0.6 is 0 Å². The van der Waals surface area contributed by atoms with Crippen LogP contribution in [0, 0.1) is 0 Å². The molecule has 0 saturated heterocycles. The molecule has 10 heteroatoms. The van der Waals surface area contributed by atoms with Crippen LogP contribution in [0.5, 0.6) is 11.5 Å². The lowest BCUT2D eigenvalue weighted by Gasteiger charge is -2.29. The zero-order valence-corrected chi connectivity index (χ0v) is 22.5. The quantitative estimate of drug-likeness (QED) is 0.411. The van der Waals surface area contributed by atoms with E-state index in [0.717, 1.165) is 11.8 Å². The van der Waals surface area contributed by atoms with E-state index in [4.69, 9.17) is 9.47 Å². The van der Waals surface area contributed by atoms with Gasteiger partial charge in [0, 0.05) is 26.1 Å². The number of para-hydroxylation sites is 2. The molecule has 0 bridgehead atoms. The summed E-state index contributed by atoms with van der Waals surface area (Å²) in [4.78, 5) is 27.4. The van der Waals surface area contributed by atoms with E-state index in [-0.39, 0.29) is 37.7 Å². The third kappa shape index (κ3) is 8.15. The molecular weight excluding hydrogens is 482 g/mol. The Morgan fingerprint density at radius 2 is 1.81 bits per heavy atom. The fourth-order valence-corrected chi connectivity index (χ4v) is 4.76. The number of rotatable bonds is 14. The van der Waals surface area contributed by atoms with Gasteiger partial charge in [-0.2, -0.15) is 0 Å². The van der Waals surface area contributed by atoms with Crippen LogP contribution in [0.3, 0.4) is 0 Å². The summed E-state index contributed by atoms with van der Waals surface area (Å²) in [6.07, 6.45) is 1.46. The number of carbonyl (C=O) groups excluding carboxylic acids is 2. The van der Waals surface area contributed by atoms with Crippen molar-refractivity contribution in [3.63, 3.8) is 0 Å². The Bertz CT molecular complexity index is 1120. The average Bonchev–Trinajstić information content (AvgIpc) is 2.85. The van der Waals surface area contributed by atoms with E-state index in [1.54, 1.807) is 38.3 Å². The van der Waals surface area contributed by atoms with Gasteiger partial charge in [-0.05, 0) is 57.0 Å². The maximum absolute atomic E-state index is 13.3. The van der Waals surface area contributed by atoms with Gasteiger partial charge in [0.05, 0.1) is 25.7 Å². The lowest BCUT2D eigenvalue weighted by molar-refractivity contribution is -0.140. The number of nitrogens with zero attached hydrogens (tertiary/aromatic N) is 2. The molecule has 1 N–H and O–H groups in total. The number of methoxy groups -OCH3 is 1. The highest BCUT2D eigenvalue weighted by Crippen LogP contribution is 2.30. The van der Waals surface area contributed by atoms with E-state index in [9.17, 15) is 18.0 Å². The van der Waals surface area contributed by atoms with Crippen molar-refractivity contribution in [2.75, 3.05) is 37.4 Å². The van der Waals surface area contributed by atoms with Crippen molar-refractivity contribution in [2.45, 2.75) is 46.2 Å². The molecule has 2 amide bonds. The number of amides is 2. The highest BCUT2D eigenvalue weighted by molar-refractivity contribution is 7.92. The molecule has 0 radical (unpaired) electrons. The van der Waals surface area contributed by atoms with Crippen molar-refractivity contribution in [3.05, 3.63) is 54.1 Å². The number of hydrogen-bond donors (Lipinski definition) is 1. The first-order valence-electron chi connectivity index (χ1n) is 12.0. The monoisotopic (exact) mass is 519 g/mol. The largest absolute Gasteiger partial charge is 0.497 e. The summed E-state index contributed by atoms with van der Waals surface area (Å²) >= 11 is 0. The first kappa shape index (κ1) is 29.0. The maximum atomic E-state index is 13.3. The molecular formula is C26H37N3O6S. The van der Waals surface area contributed by atoms with E-state index in [1.165, 1.54) is 9.21 Å². The van der Waals surface area contributed by atoms with Gasteiger partial charge in [-0.15, -0.1) is 0 Å². The average molecular weight is 520 g/mol. The smallest absolute Gasteiger partial charge is 0.242 e. The van der Waals surface area contributed by atoms with E-state index in [0.29, 0.717) is 30.3 Å². The summed E-state index contributed by atoms with van der Waals surface area (Å²) < 4.78 is 37.3. The Kier molecular flexibility index (Phi) is 11.0. The van der Waals surface area contributed by atoms with Crippen LogP contribution in [-0.4, -0.2) is 64.2 Å². The highest BCUT2D eigenvalue weighted by Gasteiger charge is 2.27. The number of anilines is 1. The van der Waals surface area contributed by atoms with Gasteiger partial charge in [0.15, 0.2) is 0 Å². The minimum Gasteiger partial charge on any atom is -0.497 e. The molecule has 0 unspecified atom stereocenters. The molecule has 0 heterocycles. The van der Waals surface area contributed by atoms with Crippen LogP contribution < -0.4 is 19.1 Å². The van der Waals surface area contributed by atoms with Crippen LogP contribution in [0.25, 0.3) is 0 Å². The van der Waals surface area contributed by atoms with E-state index >= 15 is 0 Å². The van der Waals surface area contributed by atoms with Gasteiger partial charge in [-0.3, -0.25) is 13.9 Å². The fourth-order valence-electron chi connectivity index (χ4n) is 3.80. The lowest BCUT2D eigenvalue weighted by Crippen LogP contribution is -2.47. The summed E-state index contributed by atoms with van der Waals surface area (Å²) in [5.41, 5.74) is 1.25. The first-order valence-corrected chi connectivity index (χ1v) is 13.9. The van der Waals surface area contributed by atoms with Crippen LogP contribution in [0.15, 0.2) is 48.5 Å². The standard InChI is InChI=1S/C26H37N3O6S/c1-6-27-26(31)20(3)28(19-21-12-10-13-22(18-21)34-4)25(30)16-11-17-29(36(5,32)33)23-14-8-9-15-24(23)35-7-2/h8-10,12-15,18,20H,6-7,11,16-17,19H2,1-5H3,(H,27,31)/t20-/m0/s1. The number of carbonyl (C=O) groups is 2. The molecule has 2 aromatic rings. The van der Waals surface area contributed by atoms with Crippen LogP contribution in [0.2, 0.25) is 0 Å². The molecule has 0 saturated carbocycles. The first-order chi connectivity index (χ1) is 17.1. The summed E-state index contributed by atoms with van der Waals surface area (Å²) in [5.74, 6) is 0.615. The molecule has 0 aliphatic heterocycles. The van der Waals surface area contributed by atoms with Crippen LogP contribution in [0.1, 0.15) is 39.2 Å². The highest BCUT2D eigenvalue weighted by atomic mass is 32.2. The molecule has 36 heavy (non-hydrogen) atoms. The number of sulfonamides is 1. The zero-order chi connectivity index (χ0) is 26.7. The third-order valence-electron chi connectivity index (χ3n) is 5.59. The number of nitrogens with one attached hydrogen (secondary N) is 1. The number of ether oxygens (including phenoxy) is 2. The third-order valence-corrected chi connectivity index (χ3v) is 6.77. The molecule has 198 valence electrons. The molecule has 0 spiro atoms. The summed E-state index contributed by atoms with van der Waals surface area (Å²) in [6.45, 7) is 6.49. The predicted octanol–water partition coefficient (Wildman–Crippen LogP) is 3.19. The molecule has 2 aromatic carbocycles. The molecule has 0 aliphatic rings. The Hall–Kier alpha value is -3.27. The van der Waals surface area contributed by atoms with E-state index in [2.05, 4.69) is 5.32 Å². The fraction of sp³-hybridized carbons (Fsp3) is 0.462. The van der Waals surface area contributed by atoms with Crippen LogP contribution in [0.4, 0.5) is 5.69 Å². The second-order valence-electron chi connectivity index (χ2n) is 8.28. The molecule has 2 rings (SSSR count). The summed E-state index contributed by atoms with van der Waals surface area (Å²) in [5, 5.41) is 2.76.